The summed E-state index contributed by atoms with van der Waals surface area (Å²) in [5.74, 6) is 1.88. The van der Waals surface area contributed by atoms with Crippen molar-refractivity contribution in [1.82, 2.24) is 29.7 Å². The van der Waals surface area contributed by atoms with Crippen LogP contribution in [0.3, 0.4) is 0 Å². The molecule has 0 unspecified atom stereocenters. The fraction of sp³-hybridized carbons (Fsp3) is 0.250. The number of aromatic nitrogens is 6. The van der Waals surface area contributed by atoms with E-state index in [-0.39, 0.29) is 11.5 Å². The first-order valence-electron chi connectivity index (χ1n) is 11.6. The molecule has 2 aromatic carbocycles. The molecule has 0 saturated heterocycles. The van der Waals surface area contributed by atoms with Gasteiger partial charge in [-0.2, -0.15) is 29.8 Å². The predicted octanol–water partition coefficient (Wildman–Crippen LogP) is 6.49. The van der Waals surface area contributed by atoms with Crippen molar-refractivity contribution < 1.29 is 10.2 Å². The minimum atomic E-state index is 0.166. The van der Waals surface area contributed by atoms with Gasteiger partial charge in [-0.1, -0.05) is 45.7 Å². The van der Waals surface area contributed by atoms with Crippen LogP contribution in [0.25, 0.3) is 0 Å². The number of nitrogens with one attached hydrogen (secondary N) is 2. The first-order valence-corrected chi connectivity index (χ1v) is 14.0. The molecule has 4 rings (SSSR count). The number of aromatic amines is 2. The van der Waals surface area contributed by atoms with Gasteiger partial charge in [-0.05, 0) is 73.7 Å². The third-order valence-corrected chi connectivity index (χ3v) is 6.50. The van der Waals surface area contributed by atoms with Crippen LogP contribution in [0.2, 0.25) is 0 Å². The van der Waals surface area contributed by atoms with Crippen LogP contribution in [0, 0.1) is 9.54 Å². The molecule has 2 aromatic heterocycles. The monoisotopic (exact) mass is 680 g/mol. The second kappa shape index (κ2) is 14.3. The SMILES string of the molecule is CCCc1n[nH]c(=S)n1/N=C/c1cc(Br)ccc1O.CCCc1n[nH]c(=S)n1/N=C/c1cc(Br)ccc1O. The maximum Gasteiger partial charge on any atom is 0.216 e. The van der Waals surface area contributed by atoms with E-state index in [1.54, 1.807) is 58.2 Å². The number of aryl methyl sites for hydroxylation is 2. The van der Waals surface area contributed by atoms with Crippen molar-refractivity contribution in [3.05, 3.63) is 77.7 Å². The molecular formula is C24H26Br2N8O2S2. The first-order chi connectivity index (χ1) is 18.2. The number of halogens is 2. The van der Waals surface area contributed by atoms with Crippen molar-refractivity contribution >= 4 is 68.7 Å². The lowest BCUT2D eigenvalue weighted by atomic mass is 10.2. The summed E-state index contributed by atoms with van der Waals surface area (Å²) in [5, 5.41) is 41.7. The molecule has 0 spiro atoms. The van der Waals surface area contributed by atoms with Gasteiger partial charge >= 0.3 is 0 Å². The third-order valence-electron chi connectivity index (χ3n) is 4.99. The number of hydrogen-bond acceptors (Lipinski definition) is 8. The van der Waals surface area contributed by atoms with Crippen LogP contribution in [0.4, 0.5) is 0 Å². The molecule has 0 fully saturated rings. The molecule has 0 saturated carbocycles. The molecule has 10 nitrogen and oxygen atoms in total. The molecule has 0 aliphatic carbocycles. The molecule has 0 aliphatic rings. The van der Waals surface area contributed by atoms with Gasteiger partial charge in [0.05, 0.1) is 12.4 Å². The Hall–Kier alpha value is -2.94. The topological polar surface area (TPSA) is 132 Å². The predicted molar refractivity (Wildman–Crippen MR) is 160 cm³/mol. The summed E-state index contributed by atoms with van der Waals surface area (Å²) in [6.07, 6.45) is 6.60. The van der Waals surface area contributed by atoms with E-state index in [2.05, 4.69) is 76.3 Å². The Labute approximate surface area is 246 Å². The number of aromatic hydroxyl groups is 2. The quantitative estimate of drug-likeness (QED) is 0.124. The number of benzene rings is 2. The summed E-state index contributed by atoms with van der Waals surface area (Å²) in [7, 11) is 0. The molecule has 4 aromatic rings. The summed E-state index contributed by atoms with van der Waals surface area (Å²) in [6, 6.07) is 10.3. The van der Waals surface area contributed by atoms with Crippen LogP contribution in [0.1, 0.15) is 49.5 Å². The van der Waals surface area contributed by atoms with Gasteiger partial charge in [0.15, 0.2) is 11.6 Å². The highest BCUT2D eigenvalue weighted by Crippen LogP contribution is 2.21. The first kappa shape index (κ1) is 29.6. The normalized spacial score (nSPS) is 11.3. The highest BCUT2D eigenvalue weighted by atomic mass is 79.9. The van der Waals surface area contributed by atoms with E-state index in [1.807, 2.05) is 0 Å². The van der Waals surface area contributed by atoms with Crippen molar-refractivity contribution in [2.45, 2.75) is 39.5 Å². The Morgan fingerprint density at radius 3 is 1.55 bits per heavy atom. The van der Waals surface area contributed by atoms with Crippen molar-refractivity contribution in [3.8, 4) is 11.5 Å². The molecule has 0 amide bonds. The van der Waals surface area contributed by atoms with E-state index in [0.717, 1.165) is 46.3 Å². The van der Waals surface area contributed by atoms with Crippen LogP contribution in [-0.4, -0.2) is 52.4 Å². The molecule has 200 valence electrons. The summed E-state index contributed by atoms with van der Waals surface area (Å²) in [6.45, 7) is 4.12. The summed E-state index contributed by atoms with van der Waals surface area (Å²) < 4.78 is 5.76. The zero-order valence-electron chi connectivity index (χ0n) is 20.6. The zero-order chi connectivity index (χ0) is 27.7. The van der Waals surface area contributed by atoms with Crippen molar-refractivity contribution in [1.29, 1.82) is 0 Å². The van der Waals surface area contributed by atoms with Crippen molar-refractivity contribution in [3.63, 3.8) is 0 Å². The molecule has 0 atom stereocenters. The summed E-state index contributed by atoms with van der Waals surface area (Å²) >= 11 is 16.9. The number of hydrogen-bond donors (Lipinski definition) is 4. The molecule has 2 heterocycles. The van der Waals surface area contributed by atoms with Crippen LogP contribution in [-0.2, 0) is 12.8 Å². The average Bonchev–Trinajstić information content (AvgIpc) is 3.42. The average molecular weight is 682 g/mol. The Bertz CT molecular complexity index is 1440. The van der Waals surface area contributed by atoms with E-state index in [4.69, 9.17) is 24.4 Å². The van der Waals surface area contributed by atoms with E-state index in [0.29, 0.717) is 20.7 Å². The molecule has 14 heteroatoms. The maximum atomic E-state index is 9.73. The minimum absolute atomic E-state index is 0.166. The number of H-pyrrole nitrogens is 2. The highest BCUT2D eigenvalue weighted by Gasteiger charge is 2.05. The smallest absolute Gasteiger partial charge is 0.216 e. The number of phenols is 2. The Morgan fingerprint density at radius 1 is 0.789 bits per heavy atom. The van der Waals surface area contributed by atoms with Crippen LogP contribution in [0.5, 0.6) is 11.5 Å². The largest absolute Gasteiger partial charge is 0.507 e. The summed E-state index contributed by atoms with van der Waals surface area (Å²) in [4.78, 5) is 0. The Balaban J connectivity index is 0.000000211. The van der Waals surface area contributed by atoms with E-state index in [9.17, 15) is 10.2 Å². The molecule has 4 N–H and O–H groups in total. The number of rotatable bonds is 8. The third kappa shape index (κ3) is 8.03. The lowest BCUT2D eigenvalue weighted by Crippen LogP contribution is -1.98. The lowest BCUT2D eigenvalue weighted by Gasteiger charge is -2.01. The lowest BCUT2D eigenvalue weighted by molar-refractivity contribution is 0.473. The fourth-order valence-corrected chi connectivity index (χ4v) is 4.31. The highest BCUT2D eigenvalue weighted by molar-refractivity contribution is 9.10. The van der Waals surface area contributed by atoms with Crippen LogP contribution in [0.15, 0.2) is 55.5 Å². The van der Waals surface area contributed by atoms with E-state index in [1.165, 1.54) is 0 Å². The van der Waals surface area contributed by atoms with Crippen molar-refractivity contribution in [2.75, 3.05) is 0 Å². The Kier molecular flexibility index (Phi) is 11.1. The van der Waals surface area contributed by atoms with Gasteiger partial charge in [-0.15, -0.1) is 0 Å². The second-order valence-electron chi connectivity index (χ2n) is 7.91. The van der Waals surface area contributed by atoms with Crippen LogP contribution < -0.4 is 0 Å². The van der Waals surface area contributed by atoms with Gasteiger partial charge in [0.2, 0.25) is 9.54 Å². The van der Waals surface area contributed by atoms with E-state index >= 15 is 0 Å². The van der Waals surface area contributed by atoms with Gasteiger partial charge in [-0.3, -0.25) is 10.2 Å². The molecule has 0 radical (unpaired) electrons. The van der Waals surface area contributed by atoms with Crippen molar-refractivity contribution in [2.24, 2.45) is 10.2 Å². The molecule has 38 heavy (non-hydrogen) atoms. The van der Waals surface area contributed by atoms with Crippen LogP contribution >= 0.6 is 56.3 Å². The zero-order valence-corrected chi connectivity index (χ0v) is 25.4. The standard InChI is InChI=1S/2C12H13BrN4OS/c2*1-2-3-11-15-16-12(19)17(11)14-7-8-6-9(13)4-5-10(8)18/h2*4-7,18H,2-3H2,1H3,(H,16,19)/b2*14-7+. The number of nitrogens with zero attached hydrogens (tertiary/aromatic N) is 6. The molecular weight excluding hydrogens is 656 g/mol. The van der Waals surface area contributed by atoms with Gasteiger partial charge in [0.25, 0.3) is 0 Å². The molecule has 0 bridgehead atoms. The van der Waals surface area contributed by atoms with Gasteiger partial charge < -0.3 is 10.2 Å². The second-order valence-corrected chi connectivity index (χ2v) is 10.5. The molecule has 0 aliphatic heterocycles. The van der Waals surface area contributed by atoms with E-state index < -0.39 is 0 Å². The van der Waals surface area contributed by atoms with Gasteiger partial charge in [-0.25, -0.2) is 0 Å². The van der Waals surface area contributed by atoms with Gasteiger partial charge in [0, 0.05) is 32.9 Å². The van der Waals surface area contributed by atoms with Gasteiger partial charge in [0.1, 0.15) is 11.5 Å². The maximum absolute atomic E-state index is 9.73. The fourth-order valence-electron chi connectivity index (χ4n) is 3.15. The summed E-state index contributed by atoms with van der Waals surface area (Å²) in [5.41, 5.74) is 1.22. The minimum Gasteiger partial charge on any atom is -0.507 e. The number of phenolic OH excluding ortho intramolecular Hbond substituents is 2. The Morgan fingerprint density at radius 2 is 1.18 bits per heavy atom.